The van der Waals surface area contributed by atoms with Crippen molar-refractivity contribution in [1.29, 1.82) is 0 Å². The first kappa shape index (κ1) is 9.90. The SMILES string of the molecule is Cc1cc(C)c(N)c(NC(C)C)c1. The van der Waals surface area contributed by atoms with Crippen molar-refractivity contribution in [2.75, 3.05) is 11.1 Å². The summed E-state index contributed by atoms with van der Waals surface area (Å²) in [5.41, 5.74) is 10.2. The molecule has 0 atom stereocenters. The Morgan fingerprint density at radius 2 is 1.85 bits per heavy atom. The average molecular weight is 178 g/mol. The predicted octanol–water partition coefficient (Wildman–Crippen LogP) is 2.71. The Labute approximate surface area is 80.1 Å². The second-order valence-corrected chi connectivity index (χ2v) is 3.84. The minimum atomic E-state index is 0.420. The van der Waals surface area contributed by atoms with Crippen LogP contribution in [0.4, 0.5) is 11.4 Å². The molecule has 0 aliphatic carbocycles. The van der Waals surface area contributed by atoms with Crippen molar-refractivity contribution < 1.29 is 0 Å². The fraction of sp³-hybridized carbons (Fsp3) is 0.455. The molecule has 0 spiro atoms. The summed E-state index contributed by atoms with van der Waals surface area (Å²) in [6, 6.07) is 4.60. The van der Waals surface area contributed by atoms with Crippen molar-refractivity contribution >= 4 is 11.4 Å². The van der Waals surface area contributed by atoms with Gasteiger partial charge in [0.1, 0.15) is 0 Å². The van der Waals surface area contributed by atoms with E-state index in [1.54, 1.807) is 0 Å². The van der Waals surface area contributed by atoms with E-state index in [0.29, 0.717) is 6.04 Å². The molecule has 13 heavy (non-hydrogen) atoms. The van der Waals surface area contributed by atoms with Crippen LogP contribution >= 0.6 is 0 Å². The molecule has 3 N–H and O–H groups in total. The van der Waals surface area contributed by atoms with Gasteiger partial charge in [-0.3, -0.25) is 0 Å². The minimum Gasteiger partial charge on any atom is -0.397 e. The van der Waals surface area contributed by atoms with E-state index in [2.05, 4.69) is 38.2 Å². The van der Waals surface area contributed by atoms with Gasteiger partial charge in [0.15, 0.2) is 0 Å². The Kier molecular flexibility index (Phi) is 2.81. The molecule has 0 heterocycles. The number of benzene rings is 1. The highest BCUT2D eigenvalue weighted by atomic mass is 14.9. The molecular formula is C11H18N2. The molecular weight excluding hydrogens is 160 g/mol. The van der Waals surface area contributed by atoms with E-state index >= 15 is 0 Å². The summed E-state index contributed by atoms with van der Waals surface area (Å²) in [7, 11) is 0. The van der Waals surface area contributed by atoms with Crippen LogP contribution in [0.1, 0.15) is 25.0 Å². The quantitative estimate of drug-likeness (QED) is 0.683. The van der Waals surface area contributed by atoms with Crippen molar-refractivity contribution in [2.24, 2.45) is 0 Å². The highest BCUT2D eigenvalue weighted by molar-refractivity contribution is 5.71. The molecule has 1 aromatic carbocycles. The zero-order valence-electron chi connectivity index (χ0n) is 8.81. The van der Waals surface area contributed by atoms with Crippen molar-refractivity contribution in [3.63, 3.8) is 0 Å². The summed E-state index contributed by atoms with van der Waals surface area (Å²) in [6.45, 7) is 8.33. The normalized spacial score (nSPS) is 10.5. The zero-order valence-corrected chi connectivity index (χ0v) is 8.81. The molecule has 0 aliphatic heterocycles. The smallest absolute Gasteiger partial charge is 0.0581 e. The third-order valence-electron chi connectivity index (χ3n) is 1.98. The zero-order chi connectivity index (χ0) is 10.0. The molecule has 0 aliphatic rings. The van der Waals surface area contributed by atoms with Crippen LogP contribution in [0, 0.1) is 13.8 Å². The van der Waals surface area contributed by atoms with E-state index in [-0.39, 0.29) is 0 Å². The maximum atomic E-state index is 5.94. The van der Waals surface area contributed by atoms with Gasteiger partial charge < -0.3 is 11.1 Å². The number of nitrogen functional groups attached to an aromatic ring is 1. The lowest BCUT2D eigenvalue weighted by atomic mass is 10.1. The lowest BCUT2D eigenvalue weighted by Gasteiger charge is -2.15. The fourth-order valence-electron chi connectivity index (χ4n) is 1.41. The van der Waals surface area contributed by atoms with E-state index in [1.807, 2.05) is 6.92 Å². The highest BCUT2D eigenvalue weighted by Gasteiger charge is 2.03. The molecule has 2 heteroatoms. The molecule has 72 valence electrons. The van der Waals surface area contributed by atoms with Gasteiger partial charge in [-0.1, -0.05) is 6.07 Å². The molecule has 0 bridgehead atoms. The third-order valence-corrected chi connectivity index (χ3v) is 1.98. The topological polar surface area (TPSA) is 38.0 Å². The van der Waals surface area contributed by atoms with Crippen LogP contribution in [0.25, 0.3) is 0 Å². The molecule has 0 unspecified atom stereocenters. The molecule has 1 rings (SSSR count). The van der Waals surface area contributed by atoms with Gasteiger partial charge in [-0.2, -0.15) is 0 Å². The highest BCUT2D eigenvalue weighted by Crippen LogP contribution is 2.24. The summed E-state index contributed by atoms with van der Waals surface area (Å²) in [5, 5.41) is 3.33. The van der Waals surface area contributed by atoms with Crippen molar-refractivity contribution in [3.05, 3.63) is 23.3 Å². The molecule has 0 fully saturated rings. The van der Waals surface area contributed by atoms with Gasteiger partial charge in [-0.25, -0.2) is 0 Å². The maximum absolute atomic E-state index is 5.94. The summed E-state index contributed by atoms with van der Waals surface area (Å²) >= 11 is 0. The summed E-state index contributed by atoms with van der Waals surface area (Å²) in [4.78, 5) is 0. The van der Waals surface area contributed by atoms with E-state index in [1.165, 1.54) is 5.56 Å². The Hall–Kier alpha value is -1.18. The standard InChI is InChI=1S/C11H18N2/c1-7(2)13-10-6-8(3)5-9(4)11(10)12/h5-7,13H,12H2,1-4H3. The number of anilines is 2. The fourth-order valence-corrected chi connectivity index (χ4v) is 1.41. The van der Waals surface area contributed by atoms with Crippen LogP contribution in [0.3, 0.4) is 0 Å². The number of rotatable bonds is 2. The van der Waals surface area contributed by atoms with Crippen LogP contribution in [0.2, 0.25) is 0 Å². The van der Waals surface area contributed by atoms with Gasteiger partial charge in [0.05, 0.1) is 11.4 Å². The van der Waals surface area contributed by atoms with Gasteiger partial charge in [0.25, 0.3) is 0 Å². The summed E-state index contributed by atoms with van der Waals surface area (Å²) in [5.74, 6) is 0. The average Bonchev–Trinajstić information content (AvgIpc) is 1.98. The number of nitrogens with one attached hydrogen (secondary N) is 1. The van der Waals surface area contributed by atoms with Crippen LogP contribution in [0.5, 0.6) is 0 Å². The van der Waals surface area contributed by atoms with Crippen LogP contribution < -0.4 is 11.1 Å². The molecule has 0 amide bonds. The Balaban J connectivity index is 3.05. The second-order valence-electron chi connectivity index (χ2n) is 3.84. The monoisotopic (exact) mass is 178 g/mol. The van der Waals surface area contributed by atoms with E-state index in [0.717, 1.165) is 16.9 Å². The van der Waals surface area contributed by atoms with E-state index in [4.69, 9.17) is 5.73 Å². The van der Waals surface area contributed by atoms with Crippen molar-refractivity contribution in [1.82, 2.24) is 0 Å². The van der Waals surface area contributed by atoms with Crippen molar-refractivity contribution in [2.45, 2.75) is 33.7 Å². The molecule has 2 nitrogen and oxygen atoms in total. The lowest BCUT2D eigenvalue weighted by molar-refractivity contribution is 0.899. The van der Waals surface area contributed by atoms with Crippen LogP contribution in [-0.2, 0) is 0 Å². The van der Waals surface area contributed by atoms with E-state index in [9.17, 15) is 0 Å². The number of hydrogen-bond donors (Lipinski definition) is 2. The molecule has 0 aromatic heterocycles. The van der Waals surface area contributed by atoms with Gasteiger partial charge in [-0.05, 0) is 44.9 Å². The first-order valence-corrected chi connectivity index (χ1v) is 4.64. The second kappa shape index (κ2) is 3.69. The largest absolute Gasteiger partial charge is 0.397 e. The van der Waals surface area contributed by atoms with Gasteiger partial charge in [0.2, 0.25) is 0 Å². The van der Waals surface area contributed by atoms with Gasteiger partial charge in [0, 0.05) is 6.04 Å². The van der Waals surface area contributed by atoms with Gasteiger partial charge >= 0.3 is 0 Å². The van der Waals surface area contributed by atoms with Crippen molar-refractivity contribution in [3.8, 4) is 0 Å². The predicted molar refractivity (Wildman–Crippen MR) is 59.1 cm³/mol. The molecule has 0 saturated heterocycles. The first-order chi connectivity index (χ1) is 6.00. The Morgan fingerprint density at radius 1 is 1.23 bits per heavy atom. The third kappa shape index (κ3) is 2.38. The first-order valence-electron chi connectivity index (χ1n) is 4.64. The molecule has 1 aromatic rings. The number of hydrogen-bond acceptors (Lipinski definition) is 2. The van der Waals surface area contributed by atoms with E-state index < -0.39 is 0 Å². The van der Waals surface area contributed by atoms with Gasteiger partial charge in [-0.15, -0.1) is 0 Å². The maximum Gasteiger partial charge on any atom is 0.0581 e. The van der Waals surface area contributed by atoms with Crippen LogP contribution in [-0.4, -0.2) is 6.04 Å². The Bertz CT molecular complexity index is 303. The minimum absolute atomic E-state index is 0.420. The lowest BCUT2D eigenvalue weighted by Crippen LogP contribution is -2.12. The van der Waals surface area contributed by atoms with Crippen LogP contribution in [0.15, 0.2) is 12.1 Å². The Morgan fingerprint density at radius 3 is 2.38 bits per heavy atom. The molecule has 0 radical (unpaired) electrons. The summed E-state index contributed by atoms with van der Waals surface area (Å²) in [6.07, 6.45) is 0. The number of nitrogens with two attached hydrogens (primary N) is 1. The summed E-state index contributed by atoms with van der Waals surface area (Å²) < 4.78 is 0. The number of aryl methyl sites for hydroxylation is 2. The molecule has 0 saturated carbocycles.